The van der Waals surface area contributed by atoms with Crippen molar-refractivity contribution in [1.29, 1.82) is 0 Å². The van der Waals surface area contributed by atoms with Gasteiger partial charge in [-0.3, -0.25) is 13.9 Å². The highest BCUT2D eigenvalue weighted by Crippen LogP contribution is 2.37. The Hall–Kier alpha value is -4.81. The maximum atomic E-state index is 15.2. The zero-order chi connectivity index (χ0) is 36.6. The van der Waals surface area contributed by atoms with Crippen molar-refractivity contribution in [3.8, 4) is 17.2 Å². The molecule has 0 aliphatic rings. The molecule has 13 heteroatoms. The number of halogens is 2. The summed E-state index contributed by atoms with van der Waals surface area (Å²) in [5.41, 5.74) is 0.152. The van der Waals surface area contributed by atoms with Crippen LogP contribution in [0, 0.1) is 5.82 Å². The summed E-state index contributed by atoms with van der Waals surface area (Å²) < 4.78 is 61.3. The molecule has 0 aromatic heterocycles. The molecule has 50 heavy (non-hydrogen) atoms. The molecule has 1 N–H and O–H groups in total. The van der Waals surface area contributed by atoms with E-state index in [1.807, 2.05) is 18.2 Å². The fourth-order valence-corrected chi connectivity index (χ4v) is 6.89. The predicted octanol–water partition coefficient (Wildman–Crippen LogP) is 6.26. The molecule has 10 nitrogen and oxygen atoms in total. The lowest BCUT2D eigenvalue weighted by Gasteiger charge is -2.35. The van der Waals surface area contributed by atoms with Crippen LogP contribution in [0.5, 0.6) is 17.2 Å². The summed E-state index contributed by atoms with van der Waals surface area (Å²) in [6, 6.07) is 22.2. The monoisotopic (exact) mass is 725 g/mol. The molecule has 1 atom stereocenters. The molecule has 0 radical (unpaired) electrons. The highest BCUT2D eigenvalue weighted by molar-refractivity contribution is 7.92. The molecule has 2 amide bonds. The smallest absolute Gasteiger partial charge is 0.265 e. The molecule has 0 fully saturated rings. The number of methoxy groups -OCH3 is 3. The normalized spacial score (nSPS) is 12.1. The number of hydrogen-bond donors (Lipinski definition) is 1. The minimum Gasteiger partial charge on any atom is -0.495 e. The SMILES string of the molecule is COc1ccc(S(=O)(=O)N(CC(=O)N(Cc2ccccc2F)[C@@H](Cc2ccccc2)C(=O)NC(C)(C)C)c2cc(Cl)ccc2OC)cc1OC. The first-order chi connectivity index (χ1) is 23.7. The molecule has 4 aromatic rings. The van der Waals surface area contributed by atoms with E-state index in [0.29, 0.717) is 5.75 Å². The number of sulfonamides is 1. The molecule has 266 valence electrons. The number of ether oxygens (including phenoxy) is 3. The second-order valence-electron chi connectivity index (χ2n) is 12.4. The first kappa shape index (κ1) is 38.0. The molecule has 0 spiro atoms. The van der Waals surface area contributed by atoms with E-state index in [1.165, 1.54) is 80.8 Å². The van der Waals surface area contributed by atoms with Gasteiger partial charge in [-0.1, -0.05) is 60.1 Å². The molecule has 0 aliphatic carbocycles. The van der Waals surface area contributed by atoms with Crippen LogP contribution in [0.25, 0.3) is 0 Å². The molecule has 0 saturated heterocycles. The number of carbonyl (C=O) groups excluding carboxylic acids is 2. The fourth-order valence-electron chi connectivity index (χ4n) is 5.29. The van der Waals surface area contributed by atoms with Gasteiger partial charge in [-0.15, -0.1) is 0 Å². The van der Waals surface area contributed by atoms with Crippen LogP contribution in [0.3, 0.4) is 0 Å². The summed E-state index contributed by atoms with van der Waals surface area (Å²) in [4.78, 5) is 29.8. The zero-order valence-electron chi connectivity index (χ0n) is 28.8. The van der Waals surface area contributed by atoms with Gasteiger partial charge in [0.15, 0.2) is 11.5 Å². The molecule has 4 rings (SSSR count). The van der Waals surface area contributed by atoms with E-state index < -0.39 is 45.8 Å². The summed E-state index contributed by atoms with van der Waals surface area (Å²) in [5.74, 6) is -1.34. The summed E-state index contributed by atoms with van der Waals surface area (Å²) >= 11 is 6.37. The van der Waals surface area contributed by atoms with Crippen LogP contribution in [0.2, 0.25) is 5.02 Å². The molecule has 0 bridgehead atoms. The van der Waals surface area contributed by atoms with Gasteiger partial charge < -0.3 is 24.4 Å². The average molecular weight is 726 g/mol. The van der Waals surface area contributed by atoms with E-state index in [9.17, 15) is 18.0 Å². The Bertz CT molecular complexity index is 1920. The molecule has 0 aliphatic heterocycles. The molecule has 0 saturated carbocycles. The molecular formula is C37H41ClFN3O7S. The standard InChI is InChI=1S/C37H41ClFN3O7S/c1-37(2,3)40-36(44)31(20-25-12-8-7-9-13-25)41(23-26-14-10-11-15-29(26)39)35(43)24-42(30-21-27(38)16-18-32(30)47-4)50(45,46)28-17-19-33(48-5)34(22-28)49-6/h7-19,21-22,31H,20,23-24H2,1-6H3,(H,40,44)/t31-/m0/s1. The van der Waals surface area contributed by atoms with E-state index in [0.717, 1.165) is 9.87 Å². The van der Waals surface area contributed by atoms with Crippen LogP contribution in [0.1, 0.15) is 31.9 Å². The second kappa shape index (κ2) is 16.3. The third-order valence-electron chi connectivity index (χ3n) is 7.70. The van der Waals surface area contributed by atoms with Crippen molar-refractivity contribution >= 4 is 39.1 Å². The van der Waals surface area contributed by atoms with E-state index in [2.05, 4.69) is 5.32 Å². The maximum Gasteiger partial charge on any atom is 0.265 e. The van der Waals surface area contributed by atoms with Gasteiger partial charge in [0.25, 0.3) is 10.0 Å². The highest BCUT2D eigenvalue weighted by Gasteiger charge is 2.37. The second-order valence-corrected chi connectivity index (χ2v) is 14.7. The fraction of sp³-hybridized carbons (Fsp3) is 0.297. The van der Waals surface area contributed by atoms with Crippen molar-refractivity contribution in [1.82, 2.24) is 10.2 Å². The van der Waals surface area contributed by atoms with Crippen LogP contribution in [0.4, 0.5) is 10.1 Å². The number of amides is 2. The Morgan fingerprint density at radius 1 is 0.840 bits per heavy atom. The lowest BCUT2D eigenvalue weighted by atomic mass is 10.0. The summed E-state index contributed by atoms with van der Waals surface area (Å²) in [6.07, 6.45) is 0.0614. The molecule has 4 aromatic carbocycles. The third kappa shape index (κ3) is 9.25. The topological polar surface area (TPSA) is 114 Å². The largest absolute Gasteiger partial charge is 0.495 e. The molecule has 0 unspecified atom stereocenters. The number of nitrogens with one attached hydrogen (secondary N) is 1. The van der Waals surface area contributed by atoms with Gasteiger partial charge in [0.1, 0.15) is 24.2 Å². The number of hydrogen-bond acceptors (Lipinski definition) is 7. The minimum absolute atomic E-state index is 0.0345. The highest BCUT2D eigenvalue weighted by atomic mass is 35.5. The van der Waals surface area contributed by atoms with Gasteiger partial charge in [-0.2, -0.15) is 0 Å². The minimum atomic E-state index is -4.57. The Morgan fingerprint density at radius 2 is 1.46 bits per heavy atom. The van der Waals surface area contributed by atoms with Crippen molar-refractivity contribution in [2.75, 3.05) is 32.2 Å². The van der Waals surface area contributed by atoms with Gasteiger partial charge in [-0.05, 0) is 62.7 Å². The Morgan fingerprint density at radius 3 is 2.08 bits per heavy atom. The van der Waals surface area contributed by atoms with Gasteiger partial charge >= 0.3 is 0 Å². The van der Waals surface area contributed by atoms with Crippen LogP contribution in [-0.4, -0.2) is 64.6 Å². The lowest BCUT2D eigenvalue weighted by Crippen LogP contribution is -2.56. The van der Waals surface area contributed by atoms with Crippen molar-refractivity contribution in [2.24, 2.45) is 0 Å². The number of benzene rings is 4. The van der Waals surface area contributed by atoms with Crippen LogP contribution < -0.4 is 23.8 Å². The van der Waals surface area contributed by atoms with E-state index in [4.69, 9.17) is 25.8 Å². The molecule has 0 heterocycles. The Balaban J connectivity index is 1.90. The van der Waals surface area contributed by atoms with Crippen molar-refractivity contribution in [3.05, 3.63) is 113 Å². The van der Waals surface area contributed by atoms with Crippen LogP contribution >= 0.6 is 11.6 Å². The Labute approximate surface area is 297 Å². The molecular weight excluding hydrogens is 685 g/mol. The van der Waals surface area contributed by atoms with Crippen LogP contribution in [0.15, 0.2) is 95.9 Å². The number of anilines is 1. The zero-order valence-corrected chi connectivity index (χ0v) is 30.3. The van der Waals surface area contributed by atoms with Gasteiger partial charge in [0, 0.05) is 35.2 Å². The summed E-state index contributed by atoms with van der Waals surface area (Å²) in [7, 11) is -0.430. The number of carbonyl (C=O) groups is 2. The quantitative estimate of drug-likeness (QED) is 0.163. The summed E-state index contributed by atoms with van der Waals surface area (Å²) in [5, 5.41) is 3.12. The lowest BCUT2D eigenvalue weighted by molar-refractivity contribution is -0.140. The van der Waals surface area contributed by atoms with E-state index in [-0.39, 0.29) is 45.6 Å². The van der Waals surface area contributed by atoms with Crippen molar-refractivity contribution in [3.63, 3.8) is 0 Å². The van der Waals surface area contributed by atoms with E-state index >= 15 is 4.39 Å². The number of nitrogens with zero attached hydrogens (tertiary/aromatic N) is 2. The number of rotatable bonds is 14. The first-order valence-electron chi connectivity index (χ1n) is 15.7. The van der Waals surface area contributed by atoms with Crippen LogP contribution in [-0.2, 0) is 32.6 Å². The predicted molar refractivity (Wildman–Crippen MR) is 191 cm³/mol. The van der Waals surface area contributed by atoms with Crippen molar-refractivity contribution in [2.45, 2.75) is 50.2 Å². The maximum absolute atomic E-state index is 15.2. The third-order valence-corrected chi connectivity index (χ3v) is 9.69. The van der Waals surface area contributed by atoms with Crippen molar-refractivity contribution < 1.29 is 36.6 Å². The first-order valence-corrected chi connectivity index (χ1v) is 17.5. The van der Waals surface area contributed by atoms with Gasteiger partial charge in [0.2, 0.25) is 11.8 Å². The summed E-state index contributed by atoms with van der Waals surface area (Å²) in [6.45, 7) is 4.26. The van der Waals surface area contributed by atoms with Gasteiger partial charge in [0.05, 0.1) is 31.9 Å². The van der Waals surface area contributed by atoms with E-state index in [1.54, 1.807) is 39.0 Å². The van der Waals surface area contributed by atoms with Gasteiger partial charge in [-0.25, -0.2) is 12.8 Å². The average Bonchev–Trinajstić information content (AvgIpc) is 3.08. The Kier molecular flexibility index (Phi) is 12.4.